The second-order valence-electron chi connectivity index (χ2n) is 5.63. The molecule has 1 aliphatic carbocycles. The Bertz CT molecular complexity index is 588. The first kappa shape index (κ1) is 11.1. The minimum atomic E-state index is 0.617. The summed E-state index contributed by atoms with van der Waals surface area (Å²) in [7, 11) is 0. The van der Waals surface area contributed by atoms with E-state index in [1.165, 1.54) is 29.5 Å². The highest BCUT2D eigenvalue weighted by atomic mass is 16.5. The molecule has 96 valence electrons. The van der Waals surface area contributed by atoms with E-state index in [9.17, 15) is 0 Å². The van der Waals surface area contributed by atoms with Crippen LogP contribution in [0.1, 0.15) is 41.4 Å². The van der Waals surface area contributed by atoms with Gasteiger partial charge in [-0.25, -0.2) is 0 Å². The summed E-state index contributed by atoms with van der Waals surface area (Å²) in [4.78, 5) is 0. The van der Waals surface area contributed by atoms with Crippen molar-refractivity contribution in [3.05, 3.63) is 65.2 Å². The zero-order chi connectivity index (χ0) is 12.7. The molecule has 0 saturated heterocycles. The van der Waals surface area contributed by atoms with Gasteiger partial charge in [0, 0.05) is 5.56 Å². The summed E-state index contributed by atoms with van der Waals surface area (Å²) in [5.74, 6) is 2.40. The van der Waals surface area contributed by atoms with E-state index in [0.717, 1.165) is 18.8 Å². The van der Waals surface area contributed by atoms with Gasteiger partial charge in [-0.2, -0.15) is 0 Å². The van der Waals surface area contributed by atoms with E-state index in [1.807, 2.05) is 0 Å². The van der Waals surface area contributed by atoms with Crippen molar-refractivity contribution in [3.63, 3.8) is 0 Å². The fourth-order valence-corrected chi connectivity index (χ4v) is 3.81. The molecule has 1 heterocycles. The van der Waals surface area contributed by atoms with Gasteiger partial charge >= 0.3 is 0 Å². The first-order valence-corrected chi connectivity index (χ1v) is 7.23. The van der Waals surface area contributed by atoms with Crippen LogP contribution in [0.25, 0.3) is 0 Å². The molecule has 0 spiro atoms. The van der Waals surface area contributed by atoms with Gasteiger partial charge in [-0.05, 0) is 48.3 Å². The van der Waals surface area contributed by atoms with Crippen molar-refractivity contribution in [3.8, 4) is 5.75 Å². The van der Waals surface area contributed by atoms with Gasteiger partial charge in [0.1, 0.15) is 5.75 Å². The lowest BCUT2D eigenvalue weighted by Crippen LogP contribution is -2.09. The van der Waals surface area contributed by atoms with Gasteiger partial charge in [-0.1, -0.05) is 42.5 Å². The van der Waals surface area contributed by atoms with Gasteiger partial charge in [-0.15, -0.1) is 0 Å². The molecule has 2 aliphatic rings. The lowest BCUT2D eigenvalue weighted by molar-refractivity contribution is 0.306. The third kappa shape index (κ3) is 1.76. The van der Waals surface area contributed by atoms with E-state index < -0.39 is 0 Å². The molecular formula is C18H18O. The topological polar surface area (TPSA) is 9.23 Å². The predicted molar refractivity (Wildman–Crippen MR) is 76.8 cm³/mol. The Morgan fingerprint density at radius 2 is 1.74 bits per heavy atom. The van der Waals surface area contributed by atoms with E-state index in [1.54, 1.807) is 0 Å². The molecule has 2 aromatic carbocycles. The van der Waals surface area contributed by atoms with Gasteiger partial charge in [0.05, 0.1) is 6.61 Å². The highest BCUT2D eigenvalue weighted by molar-refractivity contribution is 5.48. The van der Waals surface area contributed by atoms with E-state index in [2.05, 4.69) is 48.5 Å². The van der Waals surface area contributed by atoms with Crippen LogP contribution >= 0.6 is 0 Å². The van der Waals surface area contributed by atoms with Crippen LogP contribution in [0, 0.1) is 0 Å². The summed E-state index contributed by atoms with van der Waals surface area (Å²) in [5.41, 5.74) is 4.47. The quantitative estimate of drug-likeness (QED) is 0.734. The third-order valence-electron chi connectivity index (χ3n) is 4.65. The van der Waals surface area contributed by atoms with Gasteiger partial charge in [0.15, 0.2) is 0 Å². The van der Waals surface area contributed by atoms with Crippen molar-refractivity contribution < 1.29 is 4.74 Å². The molecule has 2 aromatic rings. The van der Waals surface area contributed by atoms with Crippen molar-refractivity contribution in [2.45, 2.75) is 31.1 Å². The molecule has 0 N–H and O–H groups in total. The normalized spacial score (nSPS) is 24.4. The molecule has 0 aromatic heterocycles. The van der Waals surface area contributed by atoms with E-state index in [4.69, 9.17) is 4.74 Å². The first-order valence-electron chi connectivity index (χ1n) is 7.23. The van der Waals surface area contributed by atoms with Crippen LogP contribution in [0.3, 0.4) is 0 Å². The van der Waals surface area contributed by atoms with Gasteiger partial charge in [0.2, 0.25) is 0 Å². The van der Waals surface area contributed by atoms with Crippen LogP contribution in [-0.4, -0.2) is 6.61 Å². The number of ether oxygens (including phenoxy) is 1. The van der Waals surface area contributed by atoms with Crippen LogP contribution < -0.4 is 4.74 Å². The molecule has 1 heteroatoms. The highest BCUT2D eigenvalue weighted by Gasteiger charge is 2.35. The number of aryl methyl sites for hydroxylation is 1. The fraction of sp³-hybridized carbons (Fsp3) is 0.333. The Morgan fingerprint density at radius 1 is 0.842 bits per heavy atom. The van der Waals surface area contributed by atoms with Crippen molar-refractivity contribution in [1.29, 1.82) is 0 Å². The lowest BCUT2D eigenvalue weighted by atomic mass is 9.81. The van der Waals surface area contributed by atoms with E-state index >= 15 is 0 Å². The lowest BCUT2D eigenvalue weighted by Gasteiger charge is -2.22. The molecule has 4 rings (SSSR count). The Kier molecular flexibility index (Phi) is 2.58. The summed E-state index contributed by atoms with van der Waals surface area (Å²) in [6, 6.07) is 17.5. The SMILES string of the molecule is c1ccc([C@H]2CCOc3cccc4c3[C@@H]2CC4)cc1. The fourth-order valence-electron chi connectivity index (χ4n) is 3.81. The van der Waals surface area contributed by atoms with E-state index in [-0.39, 0.29) is 0 Å². The summed E-state index contributed by atoms with van der Waals surface area (Å²) in [6.07, 6.45) is 3.61. The minimum Gasteiger partial charge on any atom is -0.493 e. The molecular weight excluding hydrogens is 232 g/mol. The number of hydrogen-bond donors (Lipinski definition) is 0. The molecule has 0 fully saturated rings. The Morgan fingerprint density at radius 3 is 2.63 bits per heavy atom. The summed E-state index contributed by atoms with van der Waals surface area (Å²) in [6.45, 7) is 0.840. The van der Waals surface area contributed by atoms with Crippen LogP contribution in [0.4, 0.5) is 0 Å². The van der Waals surface area contributed by atoms with Crippen molar-refractivity contribution in [1.82, 2.24) is 0 Å². The zero-order valence-electron chi connectivity index (χ0n) is 11.0. The van der Waals surface area contributed by atoms with Gasteiger partial charge < -0.3 is 4.74 Å². The van der Waals surface area contributed by atoms with Crippen LogP contribution in [0.15, 0.2) is 48.5 Å². The van der Waals surface area contributed by atoms with Crippen molar-refractivity contribution in [2.24, 2.45) is 0 Å². The molecule has 1 nitrogen and oxygen atoms in total. The highest BCUT2D eigenvalue weighted by Crippen LogP contribution is 2.49. The Hall–Kier alpha value is -1.76. The molecule has 2 atom stereocenters. The standard InChI is InChI=1S/C18H18O/c1-2-5-13(6-3-1)15-11-12-19-17-8-4-7-14-9-10-16(15)18(14)17/h1-8,15-16H,9-12H2/t15-,16-/m1/s1. The van der Waals surface area contributed by atoms with Crippen LogP contribution in [-0.2, 0) is 6.42 Å². The molecule has 1 aliphatic heterocycles. The maximum atomic E-state index is 5.99. The van der Waals surface area contributed by atoms with Crippen LogP contribution in [0.5, 0.6) is 5.75 Å². The first-order chi connectivity index (χ1) is 9.43. The minimum absolute atomic E-state index is 0.617. The Balaban J connectivity index is 1.81. The summed E-state index contributed by atoms with van der Waals surface area (Å²) < 4.78 is 5.99. The number of hydrogen-bond acceptors (Lipinski definition) is 1. The second kappa shape index (κ2) is 4.41. The average Bonchev–Trinajstić information content (AvgIpc) is 2.79. The van der Waals surface area contributed by atoms with Gasteiger partial charge in [-0.3, -0.25) is 0 Å². The second-order valence-corrected chi connectivity index (χ2v) is 5.63. The third-order valence-corrected chi connectivity index (χ3v) is 4.65. The molecule has 0 radical (unpaired) electrons. The molecule has 0 amide bonds. The summed E-state index contributed by atoms with van der Waals surface area (Å²) >= 11 is 0. The maximum absolute atomic E-state index is 5.99. The number of benzene rings is 2. The maximum Gasteiger partial charge on any atom is 0.123 e. The molecule has 0 bridgehead atoms. The van der Waals surface area contributed by atoms with Gasteiger partial charge in [0.25, 0.3) is 0 Å². The van der Waals surface area contributed by atoms with E-state index in [0.29, 0.717) is 11.8 Å². The smallest absolute Gasteiger partial charge is 0.123 e. The average molecular weight is 250 g/mol. The van der Waals surface area contributed by atoms with Crippen molar-refractivity contribution in [2.75, 3.05) is 6.61 Å². The zero-order valence-corrected chi connectivity index (χ0v) is 11.0. The monoisotopic (exact) mass is 250 g/mol. The summed E-state index contributed by atoms with van der Waals surface area (Å²) in [5, 5.41) is 0. The predicted octanol–water partition coefficient (Wildman–Crippen LogP) is 4.28. The molecule has 0 unspecified atom stereocenters. The van der Waals surface area contributed by atoms with Crippen molar-refractivity contribution >= 4 is 0 Å². The number of rotatable bonds is 1. The largest absolute Gasteiger partial charge is 0.493 e. The molecule has 0 saturated carbocycles. The molecule has 19 heavy (non-hydrogen) atoms. The Labute approximate surface area is 114 Å². The van der Waals surface area contributed by atoms with Crippen LogP contribution in [0.2, 0.25) is 0 Å².